The normalized spacial score (nSPS) is 10.3. The highest BCUT2D eigenvalue weighted by molar-refractivity contribution is 6.02. The molecule has 0 aliphatic carbocycles. The monoisotopic (exact) mass is 357 g/mol. The van der Waals surface area contributed by atoms with Crippen molar-refractivity contribution in [2.45, 2.75) is 20.3 Å². The second-order valence-electron chi connectivity index (χ2n) is 5.81. The minimum absolute atomic E-state index is 0.182. The minimum atomic E-state index is -0.476. The van der Waals surface area contributed by atoms with E-state index < -0.39 is 5.97 Å². The number of aryl methyl sites for hydroxylation is 1. The smallest absolute Gasteiger partial charge is 0.339 e. The Kier molecular flexibility index (Phi) is 6.22. The Bertz CT molecular complexity index is 835. The van der Waals surface area contributed by atoms with Crippen LogP contribution in [0.25, 0.3) is 0 Å². The van der Waals surface area contributed by atoms with E-state index >= 15 is 0 Å². The first kappa shape index (κ1) is 19.3. The number of ether oxygens (including phenoxy) is 3. The summed E-state index contributed by atoms with van der Waals surface area (Å²) in [6.07, 6.45) is 2.51. The summed E-state index contributed by atoms with van der Waals surface area (Å²) in [5, 5.41) is 0. The second kappa shape index (κ2) is 8.38. The van der Waals surface area contributed by atoms with E-state index in [1.54, 1.807) is 33.1 Å². The van der Waals surface area contributed by atoms with E-state index in [0.717, 1.165) is 5.56 Å². The lowest BCUT2D eigenvalue weighted by atomic mass is 10.1. The van der Waals surface area contributed by atoms with Gasteiger partial charge in [0, 0.05) is 5.69 Å². The van der Waals surface area contributed by atoms with Gasteiger partial charge < -0.3 is 19.2 Å². The number of carbonyl (C=O) groups is 2. The number of esters is 1. The standard InChI is InChI=1S/C20H23NO5/c1-6-7-14-8-9-16(17(10-14)24-4)26-11-15(22)19-12(2)18(13(3)21-19)20(23)25-5/h6,8-10,21H,1,7,11H2,2-5H3. The second-order valence-corrected chi connectivity index (χ2v) is 5.81. The lowest BCUT2D eigenvalue weighted by molar-refractivity contribution is 0.0599. The highest BCUT2D eigenvalue weighted by Crippen LogP contribution is 2.29. The maximum atomic E-state index is 12.5. The van der Waals surface area contributed by atoms with Crippen molar-refractivity contribution in [2.24, 2.45) is 0 Å². The first-order valence-corrected chi connectivity index (χ1v) is 8.14. The Balaban J connectivity index is 2.17. The van der Waals surface area contributed by atoms with Crippen LogP contribution in [0.2, 0.25) is 0 Å². The molecular weight excluding hydrogens is 334 g/mol. The van der Waals surface area contributed by atoms with Crippen molar-refractivity contribution in [1.82, 2.24) is 4.98 Å². The third-order valence-electron chi connectivity index (χ3n) is 4.07. The van der Waals surface area contributed by atoms with Crippen molar-refractivity contribution in [2.75, 3.05) is 20.8 Å². The van der Waals surface area contributed by atoms with Crippen LogP contribution in [0.15, 0.2) is 30.9 Å². The molecule has 0 radical (unpaired) electrons. The summed E-state index contributed by atoms with van der Waals surface area (Å²) in [6.45, 7) is 6.95. The van der Waals surface area contributed by atoms with Crippen LogP contribution in [0.5, 0.6) is 11.5 Å². The number of nitrogens with one attached hydrogen (secondary N) is 1. The average Bonchev–Trinajstić information content (AvgIpc) is 2.94. The van der Waals surface area contributed by atoms with Crippen LogP contribution in [0.3, 0.4) is 0 Å². The summed E-state index contributed by atoms with van der Waals surface area (Å²) in [4.78, 5) is 27.3. The molecule has 0 saturated heterocycles. The van der Waals surface area contributed by atoms with Crippen LogP contribution >= 0.6 is 0 Å². The van der Waals surface area contributed by atoms with E-state index in [0.29, 0.717) is 40.4 Å². The molecular formula is C20H23NO5. The first-order valence-electron chi connectivity index (χ1n) is 8.14. The maximum absolute atomic E-state index is 12.5. The summed E-state index contributed by atoms with van der Waals surface area (Å²) in [7, 11) is 2.85. The Labute approximate surface area is 152 Å². The molecule has 0 bridgehead atoms. The van der Waals surface area contributed by atoms with Crippen LogP contribution in [-0.4, -0.2) is 37.6 Å². The molecule has 138 valence electrons. The molecule has 6 heteroatoms. The summed E-state index contributed by atoms with van der Waals surface area (Å²) in [5.74, 6) is 0.281. The Morgan fingerprint density at radius 1 is 1.19 bits per heavy atom. The van der Waals surface area contributed by atoms with Gasteiger partial charge in [0.15, 0.2) is 18.1 Å². The van der Waals surface area contributed by atoms with Gasteiger partial charge in [-0.3, -0.25) is 4.79 Å². The SMILES string of the molecule is C=CCc1ccc(OCC(=O)c2[nH]c(C)c(C(=O)OC)c2C)c(OC)c1. The molecule has 0 atom stereocenters. The van der Waals surface area contributed by atoms with E-state index in [-0.39, 0.29) is 12.4 Å². The molecule has 1 N–H and O–H groups in total. The number of allylic oxidation sites excluding steroid dienone is 1. The highest BCUT2D eigenvalue weighted by atomic mass is 16.5. The number of benzene rings is 1. The molecule has 2 rings (SSSR count). The van der Waals surface area contributed by atoms with Crippen molar-refractivity contribution in [3.63, 3.8) is 0 Å². The molecule has 2 aromatic rings. The van der Waals surface area contributed by atoms with Crippen LogP contribution in [0, 0.1) is 13.8 Å². The Morgan fingerprint density at radius 3 is 2.54 bits per heavy atom. The van der Waals surface area contributed by atoms with E-state index in [4.69, 9.17) is 14.2 Å². The molecule has 1 heterocycles. The number of hydrogen-bond donors (Lipinski definition) is 1. The molecule has 0 fully saturated rings. The van der Waals surface area contributed by atoms with E-state index in [1.807, 2.05) is 12.1 Å². The third kappa shape index (κ3) is 3.96. The zero-order valence-electron chi connectivity index (χ0n) is 15.5. The van der Waals surface area contributed by atoms with Crippen LogP contribution < -0.4 is 9.47 Å². The summed E-state index contributed by atoms with van der Waals surface area (Å²) < 4.78 is 15.7. The molecule has 0 aliphatic heterocycles. The number of aromatic nitrogens is 1. The minimum Gasteiger partial charge on any atom is -0.493 e. The lowest BCUT2D eigenvalue weighted by Gasteiger charge is -2.11. The first-order chi connectivity index (χ1) is 12.4. The zero-order chi connectivity index (χ0) is 19.3. The Morgan fingerprint density at radius 2 is 1.92 bits per heavy atom. The predicted molar refractivity (Wildman–Crippen MR) is 98.3 cm³/mol. The molecule has 0 unspecified atom stereocenters. The van der Waals surface area contributed by atoms with Crippen molar-refractivity contribution in [3.05, 3.63) is 58.9 Å². The van der Waals surface area contributed by atoms with Crippen molar-refractivity contribution in [3.8, 4) is 11.5 Å². The lowest BCUT2D eigenvalue weighted by Crippen LogP contribution is -2.14. The number of hydrogen-bond acceptors (Lipinski definition) is 5. The van der Waals surface area contributed by atoms with Gasteiger partial charge in [-0.15, -0.1) is 6.58 Å². The van der Waals surface area contributed by atoms with Gasteiger partial charge in [0.2, 0.25) is 5.78 Å². The molecule has 0 saturated carbocycles. The van der Waals surface area contributed by atoms with Gasteiger partial charge in [-0.1, -0.05) is 12.1 Å². The number of ketones is 1. The molecule has 6 nitrogen and oxygen atoms in total. The van der Waals surface area contributed by atoms with Gasteiger partial charge >= 0.3 is 5.97 Å². The number of H-pyrrole nitrogens is 1. The highest BCUT2D eigenvalue weighted by Gasteiger charge is 2.23. The summed E-state index contributed by atoms with van der Waals surface area (Å²) in [6, 6.07) is 5.50. The van der Waals surface area contributed by atoms with Crippen LogP contribution in [0.1, 0.15) is 37.7 Å². The number of aromatic amines is 1. The zero-order valence-corrected chi connectivity index (χ0v) is 15.5. The molecule has 0 amide bonds. The van der Waals surface area contributed by atoms with Gasteiger partial charge in [-0.25, -0.2) is 4.79 Å². The fourth-order valence-electron chi connectivity index (χ4n) is 2.78. The van der Waals surface area contributed by atoms with Gasteiger partial charge in [0.05, 0.1) is 25.5 Å². The van der Waals surface area contributed by atoms with Crippen molar-refractivity contribution in [1.29, 1.82) is 0 Å². The topological polar surface area (TPSA) is 77.6 Å². The fraction of sp³-hybridized carbons (Fsp3) is 0.300. The third-order valence-corrected chi connectivity index (χ3v) is 4.07. The van der Waals surface area contributed by atoms with Crippen LogP contribution in [0.4, 0.5) is 0 Å². The van der Waals surface area contributed by atoms with E-state index in [1.165, 1.54) is 7.11 Å². The quantitative estimate of drug-likeness (QED) is 0.445. The predicted octanol–water partition coefficient (Wildman–Crippen LogP) is 3.42. The number of methoxy groups -OCH3 is 2. The van der Waals surface area contributed by atoms with Crippen molar-refractivity contribution < 1.29 is 23.8 Å². The largest absolute Gasteiger partial charge is 0.493 e. The van der Waals surface area contributed by atoms with Crippen molar-refractivity contribution >= 4 is 11.8 Å². The average molecular weight is 357 g/mol. The number of rotatable bonds is 8. The maximum Gasteiger partial charge on any atom is 0.339 e. The van der Waals surface area contributed by atoms with Gasteiger partial charge in [-0.05, 0) is 43.5 Å². The summed E-state index contributed by atoms with van der Waals surface area (Å²) >= 11 is 0. The fourth-order valence-corrected chi connectivity index (χ4v) is 2.78. The van der Waals surface area contributed by atoms with E-state index in [9.17, 15) is 9.59 Å². The van der Waals surface area contributed by atoms with Gasteiger partial charge in [0.1, 0.15) is 0 Å². The van der Waals surface area contributed by atoms with Gasteiger partial charge in [-0.2, -0.15) is 0 Å². The van der Waals surface area contributed by atoms with Gasteiger partial charge in [0.25, 0.3) is 0 Å². The number of carbonyl (C=O) groups excluding carboxylic acids is 2. The molecule has 1 aromatic heterocycles. The molecule has 1 aromatic carbocycles. The molecule has 0 aliphatic rings. The summed E-state index contributed by atoms with van der Waals surface area (Å²) in [5.41, 5.74) is 2.89. The Hall–Kier alpha value is -3.02. The molecule has 0 spiro atoms. The van der Waals surface area contributed by atoms with Crippen LogP contribution in [-0.2, 0) is 11.2 Å². The molecule has 26 heavy (non-hydrogen) atoms. The van der Waals surface area contributed by atoms with E-state index in [2.05, 4.69) is 11.6 Å². The number of Topliss-reactive ketones (excluding diaryl/α,β-unsaturated/α-hetero) is 1.